The Labute approximate surface area is 111 Å². The molecule has 3 heterocycles. The summed E-state index contributed by atoms with van der Waals surface area (Å²) in [5, 5.41) is 7.56. The molecule has 0 aliphatic carbocycles. The molecule has 0 unspecified atom stereocenters. The first kappa shape index (κ1) is 11.7. The van der Waals surface area contributed by atoms with Crippen LogP contribution in [0.4, 0.5) is 5.82 Å². The third-order valence-corrected chi connectivity index (χ3v) is 3.04. The standard InChI is InChI=1S/C13H16N6/c1-10-7-17-19(8-10)6-5-15-13-12-11(3-4-14-13)18(2)9-16-12/h3-4,7-9H,5-6H2,1-2H3,(H,14,15). The van der Waals surface area contributed by atoms with Gasteiger partial charge in [-0.2, -0.15) is 5.10 Å². The van der Waals surface area contributed by atoms with Gasteiger partial charge in [0.2, 0.25) is 0 Å². The van der Waals surface area contributed by atoms with Crippen molar-refractivity contribution in [2.45, 2.75) is 13.5 Å². The van der Waals surface area contributed by atoms with Crippen molar-refractivity contribution in [1.29, 1.82) is 0 Å². The maximum Gasteiger partial charge on any atom is 0.154 e. The number of hydrogen-bond donors (Lipinski definition) is 1. The Balaban J connectivity index is 1.71. The van der Waals surface area contributed by atoms with Crippen LogP contribution in [0.3, 0.4) is 0 Å². The summed E-state index contributed by atoms with van der Waals surface area (Å²) in [6, 6.07) is 1.96. The fourth-order valence-corrected chi connectivity index (χ4v) is 2.07. The van der Waals surface area contributed by atoms with Gasteiger partial charge in [0.05, 0.1) is 24.6 Å². The Bertz CT molecular complexity index is 696. The number of imidazole rings is 1. The van der Waals surface area contributed by atoms with Crippen LogP contribution in [-0.2, 0) is 13.6 Å². The van der Waals surface area contributed by atoms with E-state index >= 15 is 0 Å². The summed E-state index contributed by atoms with van der Waals surface area (Å²) in [6.07, 6.45) is 7.48. The Kier molecular flexibility index (Phi) is 2.91. The van der Waals surface area contributed by atoms with E-state index in [1.807, 2.05) is 41.7 Å². The second kappa shape index (κ2) is 4.72. The van der Waals surface area contributed by atoms with Crippen molar-refractivity contribution in [2.75, 3.05) is 11.9 Å². The minimum atomic E-state index is 0.768. The average molecular weight is 256 g/mol. The van der Waals surface area contributed by atoms with Crippen molar-refractivity contribution in [3.63, 3.8) is 0 Å². The Morgan fingerprint density at radius 3 is 3.00 bits per heavy atom. The minimum absolute atomic E-state index is 0.768. The zero-order valence-corrected chi connectivity index (χ0v) is 11.0. The van der Waals surface area contributed by atoms with E-state index in [9.17, 15) is 0 Å². The lowest BCUT2D eigenvalue weighted by atomic mass is 10.3. The van der Waals surface area contributed by atoms with Crippen molar-refractivity contribution in [1.82, 2.24) is 24.3 Å². The molecule has 19 heavy (non-hydrogen) atoms. The van der Waals surface area contributed by atoms with Gasteiger partial charge in [0.25, 0.3) is 0 Å². The predicted octanol–water partition coefficient (Wildman–Crippen LogP) is 1.59. The van der Waals surface area contributed by atoms with Gasteiger partial charge in [-0.3, -0.25) is 4.68 Å². The highest BCUT2D eigenvalue weighted by Gasteiger charge is 2.06. The molecule has 1 N–H and O–H groups in total. The molecular formula is C13H16N6. The Morgan fingerprint density at radius 1 is 1.32 bits per heavy atom. The van der Waals surface area contributed by atoms with Gasteiger partial charge in [-0.25, -0.2) is 9.97 Å². The number of aryl methyl sites for hydroxylation is 2. The molecule has 0 aliphatic heterocycles. The van der Waals surface area contributed by atoms with E-state index in [0.717, 1.165) is 29.9 Å². The summed E-state index contributed by atoms with van der Waals surface area (Å²) in [6.45, 7) is 3.61. The zero-order valence-electron chi connectivity index (χ0n) is 11.0. The maximum atomic E-state index is 4.36. The largest absolute Gasteiger partial charge is 0.366 e. The normalized spacial score (nSPS) is 11.1. The molecule has 6 heteroatoms. The third kappa shape index (κ3) is 2.29. The molecule has 0 bridgehead atoms. The molecule has 3 aromatic rings. The number of fused-ring (bicyclic) bond motifs is 1. The first-order chi connectivity index (χ1) is 9.24. The second-order valence-electron chi connectivity index (χ2n) is 4.59. The van der Waals surface area contributed by atoms with E-state index in [4.69, 9.17) is 0 Å². The van der Waals surface area contributed by atoms with Crippen LogP contribution < -0.4 is 5.32 Å². The SMILES string of the molecule is Cc1cnn(CCNc2nccc3c2ncn3C)c1. The highest BCUT2D eigenvalue weighted by Crippen LogP contribution is 2.18. The predicted molar refractivity (Wildman–Crippen MR) is 74.0 cm³/mol. The topological polar surface area (TPSA) is 60.6 Å². The fraction of sp³-hybridized carbons (Fsp3) is 0.308. The summed E-state index contributed by atoms with van der Waals surface area (Å²) in [7, 11) is 1.98. The third-order valence-electron chi connectivity index (χ3n) is 3.04. The quantitative estimate of drug-likeness (QED) is 0.770. The van der Waals surface area contributed by atoms with Crippen molar-refractivity contribution in [2.24, 2.45) is 7.05 Å². The number of rotatable bonds is 4. The van der Waals surface area contributed by atoms with Crippen LogP contribution in [0.1, 0.15) is 5.56 Å². The van der Waals surface area contributed by atoms with Gasteiger partial charge >= 0.3 is 0 Å². The van der Waals surface area contributed by atoms with Crippen LogP contribution in [0.5, 0.6) is 0 Å². The number of aromatic nitrogens is 5. The molecule has 3 aromatic heterocycles. The molecule has 0 amide bonds. The molecule has 0 fully saturated rings. The highest BCUT2D eigenvalue weighted by molar-refractivity contribution is 5.85. The van der Waals surface area contributed by atoms with E-state index in [1.165, 1.54) is 5.56 Å². The molecule has 0 radical (unpaired) electrons. The number of nitrogens with zero attached hydrogens (tertiary/aromatic N) is 5. The first-order valence-corrected chi connectivity index (χ1v) is 6.23. The maximum absolute atomic E-state index is 4.36. The van der Waals surface area contributed by atoms with Crippen molar-refractivity contribution in [3.05, 3.63) is 36.5 Å². The monoisotopic (exact) mass is 256 g/mol. The summed E-state index contributed by atoms with van der Waals surface area (Å²) >= 11 is 0. The van der Waals surface area contributed by atoms with Gasteiger partial charge in [0.1, 0.15) is 5.52 Å². The van der Waals surface area contributed by atoms with Gasteiger partial charge in [-0.15, -0.1) is 0 Å². The van der Waals surface area contributed by atoms with Crippen molar-refractivity contribution >= 4 is 16.9 Å². The van der Waals surface area contributed by atoms with Gasteiger partial charge in [0.15, 0.2) is 5.82 Å². The zero-order chi connectivity index (χ0) is 13.2. The van der Waals surface area contributed by atoms with Crippen LogP contribution in [0.25, 0.3) is 11.0 Å². The van der Waals surface area contributed by atoms with E-state index in [0.29, 0.717) is 0 Å². The smallest absolute Gasteiger partial charge is 0.154 e. The molecule has 0 saturated heterocycles. The van der Waals surface area contributed by atoms with Gasteiger partial charge < -0.3 is 9.88 Å². The van der Waals surface area contributed by atoms with E-state index in [-0.39, 0.29) is 0 Å². The van der Waals surface area contributed by atoms with Gasteiger partial charge in [-0.05, 0) is 18.6 Å². The molecule has 0 spiro atoms. The number of anilines is 1. The molecular weight excluding hydrogens is 240 g/mol. The summed E-state index contributed by atoms with van der Waals surface area (Å²) in [5.74, 6) is 0.821. The van der Waals surface area contributed by atoms with E-state index in [1.54, 1.807) is 12.5 Å². The van der Waals surface area contributed by atoms with Crippen LogP contribution in [0.15, 0.2) is 31.0 Å². The van der Waals surface area contributed by atoms with E-state index in [2.05, 4.69) is 20.4 Å². The van der Waals surface area contributed by atoms with E-state index < -0.39 is 0 Å². The number of hydrogen-bond acceptors (Lipinski definition) is 4. The highest BCUT2D eigenvalue weighted by atomic mass is 15.3. The lowest BCUT2D eigenvalue weighted by molar-refractivity contribution is 0.637. The summed E-state index contributed by atoms with van der Waals surface area (Å²) < 4.78 is 3.90. The second-order valence-corrected chi connectivity index (χ2v) is 4.59. The molecule has 0 aromatic carbocycles. The fourth-order valence-electron chi connectivity index (χ4n) is 2.07. The molecule has 98 valence electrons. The number of pyridine rings is 1. The Hall–Kier alpha value is -2.37. The molecule has 0 saturated carbocycles. The average Bonchev–Trinajstić information content (AvgIpc) is 2.98. The van der Waals surface area contributed by atoms with Crippen LogP contribution in [0.2, 0.25) is 0 Å². The van der Waals surface area contributed by atoms with Crippen LogP contribution in [0, 0.1) is 6.92 Å². The first-order valence-electron chi connectivity index (χ1n) is 6.23. The lowest BCUT2D eigenvalue weighted by Gasteiger charge is -2.06. The molecule has 6 nitrogen and oxygen atoms in total. The van der Waals surface area contributed by atoms with Crippen LogP contribution in [-0.4, -0.2) is 30.9 Å². The van der Waals surface area contributed by atoms with Crippen LogP contribution >= 0.6 is 0 Å². The van der Waals surface area contributed by atoms with Crippen molar-refractivity contribution in [3.8, 4) is 0 Å². The minimum Gasteiger partial charge on any atom is -0.366 e. The summed E-state index contributed by atoms with van der Waals surface area (Å²) in [4.78, 5) is 8.70. The van der Waals surface area contributed by atoms with Gasteiger partial charge in [0, 0.05) is 26.0 Å². The Morgan fingerprint density at radius 2 is 2.21 bits per heavy atom. The molecule has 0 atom stereocenters. The van der Waals surface area contributed by atoms with Crippen molar-refractivity contribution < 1.29 is 0 Å². The molecule has 0 aliphatic rings. The lowest BCUT2D eigenvalue weighted by Crippen LogP contribution is -2.11. The summed E-state index contributed by atoms with van der Waals surface area (Å²) in [5.41, 5.74) is 3.15. The van der Waals surface area contributed by atoms with Gasteiger partial charge in [-0.1, -0.05) is 0 Å². The molecule has 3 rings (SSSR count). The number of nitrogens with one attached hydrogen (secondary N) is 1.